The van der Waals surface area contributed by atoms with Gasteiger partial charge in [-0.1, -0.05) is 0 Å². The molecule has 0 atom stereocenters. The fraction of sp³-hybridized carbons (Fsp3) is 0.800. The lowest BCUT2D eigenvalue weighted by Crippen LogP contribution is -2.37. The minimum atomic E-state index is -0.943. The molecule has 0 aromatic carbocycles. The molecule has 0 aliphatic heterocycles. The monoisotopic (exact) mass is 215 g/mol. The predicted molar refractivity (Wildman–Crippen MR) is 53.5 cm³/mol. The number of carboxylic acid groups (broad SMARTS) is 1. The molecule has 0 heterocycles. The molecule has 1 fully saturated rings. The van der Waals surface area contributed by atoms with Crippen LogP contribution in [-0.4, -0.2) is 48.2 Å². The van der Waals surface area contributed by atoms with E-state index in [-0.39, 0.29) is 18.5 Å². The largest absolute Gasteiger partial charge is 0.480 e. The van der Waals surface area contributed by atoms with E-state index >= 15 is 0 Å². The summed E-state index contributed by atoms with van der Waals surface area (Å²) in [5.41, 5.74) is 0. The van der Waals surface area contributed by atoms with E-state index < -0.39 is 5.97 Å². The number of aliphatic carboxylic acids is 1. The molecule has 0 unspecified atom stereocenters. The van der Waals surface area contributed by atoms with Gasteiger partial charge in [-0.3, -0.25) is 9.59 Å². The Morgan fingerprint density at radius 3 is 2.60 bits per heavy atom. The summed E-state index contributed by atoms with van der Waals surface area (Å²) in [5, 5.41) is 8.66. The van der Waals surface area contributed by atoms with Crippen LogP contribution in [0, 0.1) is 0 Å². The second kappa shape index (κ2) is 5.70. The van der Waals surface area contributed by atoms with E-state index in [1.165, 1.54) is 4.90 Å². The van der Waals surface area contributed by atoms with E-state index in [1.54, 1.807) is 7.11 Å². The molecule has 0 aromatic rings. The quantitative estimate of drug-likeness (QED) is 0.627. The first-order chi connectivity index (χ1) is 7.15. The molecule has 1 aliphatic rings. The minimum Gasteiger partial charge on any atom is -0.480 e. The van der Waals surface area contributed by atoms with Gasteiger partial charge in [0.25, 0.3) is 0 Å². The van der Waals surface area contributed by atoms with Gasteiger partial charge in [-0.25, -0.2) is 0 Å². The van der Waals surface area contributed by atoms with Gasteiger partial charge in [0.05, 0.1) is 0 Å². The van der Waals surface area contributed by atoms with Crippen molar-refractivity contribution in [2.75, 3.05) is 20.3 Å². The van der Waals surface area contributed by atoms with Crippen LogP contribution in [0.25, 0.3) is 0 Å². The number of ether oxygens (including phenoxy) is 1. The highest BCUT2D eigenvalue weighted by Crippen LogP contribution is 2.27. The third kappa shape index (κ3) is 4.29. The van der Waals surface area contributed by atoms with Crippen molar-refractivity contribution in [3.8, 4) is 0 Å². The summed E-state index contributed by atoms with van der Waals surface area (Å²) in [5.74, 6) is -1.01. The van der Waals surface area contributed by atoms with Crippen LogP contribution in [0.4, 0.5) is 0 Å². The Balaban J connectivity index is 2.34. The van der Waals surface area contributed by atoms with Crippen molar-refractivity contribution in [1.82, 2.24) is 4.90 Å². The maximum Gasteiger partial charge on any atom is 0.323 e. The number of carbonyl (C=O) groups excluding carboxylic acids is 1. The van der Waals surface area contributed by atoms with Crippen LogP contribution in [0.3, 0.4) is 0 Å². The van der Waals surface area contributed by atoms with Crippen molar-refractivity contribution in [3.63, 3.8) is 0 Å². The Labute approximate surface area is 89.0 Å². The molecule has 1 amide bonds. The molecule has 0 saturated heterocycles. The van der Waals surface area contributed by atoms with Crippen LogP contribution in [-0.2, 0) is 14.3 Å². The van der Waals surface area contributed by atoms with Gasteiger partial charge in [0.2, 0.25) is 5.91 Å². The van der Waals surface area contributed by atoms with Crippen molar-refractivity contribution in [2.45, 2.75) is 31.7 Å². The van der Waals surface area contributed by atoms with E-state index in [9.17, 15) is 9.59 Å². The maximum absolute atomic E-state index is 11.6. The summed E-state index contributed by atoms with van der Waals surface area (Å²) in [7, 11) is 1.58. The van der Waals surface area contributed by atoms with Gasteiger partial charge < -0.3 is 14.7 Å². The molecule has 1 rings (SSSR count). The van der Waals surface area contributed by atoms with E-state index in [2.05, 4.69) is 0 Å². The van der Waals surface area contributed by atoms with Crippen molar-refractivity contribution < 1.29 is 19.4 Å². The number of hydrogen-bond acceptors (Lipinski definition) is 3. The second-order valence-corrected chi connectivity index (χ2v) is 3.74. The molecule has 1 N–H and O–H groups in total. The van der Waals surface area contributed by atoms with Crippen LogP contribution >= 0.6 is 0 Å². The molecule has 86 valence electrons. The molecule has 0 spiro atoms. The van der Waals surface area contributed by atoms with Gasteiger partial charge >= 0.3 is 5.97 Å². The molecule has 1 saturated carbocycles. The SMILES string of the molecule is COCCCC(=O)N(CC(=O)O)C1CC1. The normalized spacial score (nSPS) is 15.0. The molecule has 1 aliphatic carbocycles. The Kier molecular flexibility index (Phi) is 4.55. The molecular weight excluding hydrogens is 198 g/mol. The van der Waals surface area contributed by atoms with Crippen molar-refractivity contribution in [3.05, 3.63) is 0 Å². The van der Waals surface area contributed by atoms with Crippen LogP contribution in [0.2, 0.25) is 0 Å². The fourth-order valence-electron chi connectivity index (χ4n) is 1.46. The second-order valence-electron chi connectivity index (χ2n) is 3.74. The van der Waals surface area contributed by atoms with Gasteiger partial charge in [0, 0.05) is 26.2 Å². The first kappa shape index (κ1) is 12.0. The Bertz CT molecular complexity index is 238. The zero-order chi connectivity index (χ0) is 11.3. The summed E-state index contributed by atoms with van der Waals surface area (Å²) in [6.07, 6.45) is 2.89. The van der Waals surface area contributed by atoms with Crippen molar-refractivity contribution in [1.29, 1.82) is 0 Å². The number of hydrogen-bond donors (Lipinski definition) is 1. The summed E-state index contributed by atoms with van der Waals surface area (Å²) < 4.78 is 4.84. The third-order valence-electron chi connectivity index (χ3n) is 2.35. The van der Waals surface area contributed by atoms with Crippen molar-refractivity contribution >= 4 is 11.9 Å². The smallest absolute Gasteiger partial charge is 0.323 e. The molecule has 15 heavy (non-hydrogen) atoms. The average molecular weight is 215 g/mol. The third-order valence-corrected chi connectivity index (χ3v) is 2.35. The average Bonchev–Trinajstić information content (AvgIpc) is 2.97. The van der Waals surface area contributed by atoms with Gasteiger partial charge in [-0.15, -0.1) is 0 Å². The first-order valence-corrected chi connectivity index (χ1v) is 5.15. The molecule has 5 nitrogen and oxygen atoms in total. The number of carbonyl (C=O) groups is 2. The number of amides is 1. The Morgan fingerprint density at radius 2 is 2.13 bits per heavy atom. The molecule has 0 radical (unpaired) electrons. The van der Waals surface area contributed by atoms with Crippen LogP contribution in [0.1, 0.15) is 25.7 Å². The fourth-order valence-corrected chi connectivity index (χ4v) is 1.46. The van der Waals surface area contributed by atoms with Gasteiger partial charge in [0.15, 0.2) is 0 Å². The Morgan fingerprint density at radius 1 is 1.47 bits per heavy atom. The summed E-state index contributed by atoms with van der Waals surface area (Å²) >= 11 is 0. The number of methoxy groups -OCH3 is 1. The molecule has 0 aromatic heterocycles. The lowest BCUT2D eigenvalue weighted by atomic mass is 10.2. The van der Waals surface area contributed by atoms with E-state index in [1.807, 2.05) is 0 Å². The standard InChI is InChI=1S/C10H17NO4/c1-15-6-2-3-9(12)11(7-10(13)14)8-4-5-8/h8H,2-7H2,1H3,(H,13,14). The summed E-state index contributed by atoms with van der Waals surface area (Å²) in [6.45, 7) is 0.369. The van der Waals surface area contributed by atoms with E-state index in [0.717, 1.165) is 12.8 Å². The lowest BCUT2D eigenvalue weighted by Gasteiger charge is -2.19. The van der Waals surface area contributed by atoms with Gasteiger partial charge in [-0.2, -0.15) is 0 Å². The van der Waals surface area contributed by atoms with E-state index in [4.69, 9.17) is 9.84 Å². The van der Waals surface area contributed by atoms with Crippen LogP contribution < -0.4 is 0 Å². The summed E-state index contributed by atoms with van der Waals surface area (Å²) in [4.78, 5) is 23.7. The highest BCUT2D eigenvalue weighted by atomic mass is 16.5. The number of nitrogens with zero attached hydrogens (tertiary/aromatic N) is 1. The lowest BCUT2D eigenvalue weighted by molar-refractivity contribution is -0.145. The predicted octanol–water partition coefficient (Wildman–Crippen LogP) is 0.489. The number of rotatable bonds is 7. The Hall–Kier alpha value is -1.10. The minimum absolute atomic E-state index is 0.0723. The zero-order valence-electron chi connectivity index (χ0n) is 8.94. The van der Waals surface area contributed by atoms with Crippen LogP contribution in [0.15, 0.2) is 0 Å². The van der Waals surface area contributed by atoms with Crippen LogP contribution in [0.5, 0.6) is 0 Å². The van der Waals surface area contributed by atoms with E-state index in [0.29, 0.717) is 19.4 Å². The van der Waals surface area contributed by atoms with Gasteiger partial charge in [-0.05, 0) is 19.3 Å². The van der Waals surface area contributed by atoms with Gasteiger partial charge in [0.1, 0.15) is 6.54 Å². The molecule has 0 bridgehead atoms. The zero-order valence-corrected chi connectivity index (χ0v) is 8.94. The highest BCUT2D eigenvalue weighted by molar-refractivity contribution is 5.81. The summed E-state index contributed by atoms with van der Waals surface area (Å²) in [6, 6.07) is 0.163. The van der Waals surface area contributed by atoms with Crippen molar-refractivity contribution in [2.24, 2.45) is 0 Å². The highest BCUT2D eigenvalue weighted by Gasteiger charge is 2.33. The number of carboxylic acids is 1. The molecule has 5 heteroatoms. The first-order valence-electron chi connectivity index (χ1n) is 5.15. The topological polar surface area (TPSA) is 66.8 Å². The molecular formula is C10H17NO4. The maximum atomic E-state index is 11.6.